The molecule has 105 valence electrons. The minimum atomic E-state index is -0.273. The first-order valence-electron chi connectivity index (χ1n) is 6.84. The number of halogens is 1. The van der Waals surface area contributed by atoms with Gasteiger partial charge < -0.3 is 0 Å². The number of hydrogen-bond donors (Lipinski definition) is 0. The van der Waals surface area contributed by atoms with Crippen LogP contribution in [-0.4, -0.2) is 14.8 Å². The van der Waals surface area contributed by atoms with E-state index in [0.717, 1.165) is 11.3 Å². The van der Waals surface area contributed by atoms with Crippen LogP contribution >= 0.6 is 0 Å². The van der Waals surface area contributed by atoms with Crippen LogP contribution in [0.25, 0.3) is 17.1 Å². The summed E-state index contributed by atoms with van der Waals surface area (Å²) in [5.41, 5.74) is 2.99. The van der Waals surface area contributed by atoms with Gasteiger partial charge in [0.15, 0.2) is 5.82 Å². The van der Waals surface area contributed by atoms with E-state index in [4.69, 9.17) is 0 Å². The lowest BCUT2D eigenvalue weighted by atomic mass is 10.0. The first kappa shape index (κ1) is 13.5. The lowest BCUT2D eigenvalue weighted by Crippen LogP contribution is -1.99. The van der Waals surface area contributed by atoms with E-state index in [1.54, 1.807) is 16.8 Å². The molecule has 3 nitrogen and oxygen atoms in total. The first-order valence-corrected chi connectivity index (χ1v) is 6.84. The molecule has 0 atom stereocenters. The lowest BCUT2D eigenvalue weighted by molar-refractivity contribution is 0.627. The van der Waals surface area contributed by atoms with Crippen molar-refractivity contribution in [3.05, 3.63) is 66.2 Å². The van der Waals surface area contributed by atoms with Crippen molar-refractivity contribution in [3.8, 4) is 17.1 Å². The van der Waals surface area contributed by atoms with Crippen LogP contribution in [0.5, 0.6) is 0 Å². The molecule has 0 aliphatic heterocycles. The quantitative estimate of drug-likeness (QED) is 0.726. The SMILES string of the molecule is CC(C)c1ccc(-c2n[c]nn2-c2ccc(F)cc2)cc1. The van der Waals surface area contributed by atoms with Crippen molar-refractivity contribution in [1.29, 1.82) is 0 Å². The molecule has 0 N–H and O–H groups in total. The maximum atomic E-state index is 13.0. The molecule has 0 fully saturated rings. The third-order valence-electron chi connectivity index (χ3n) is 3.41. The highest BCUT2D eigenvalue weighted by molar-refractivity contribution is 5.58. The lowest BCUT2D eigenvalue weighted by Gasteiger charge is -2.08. The monoisotopic (exact) mass is 280 g/mol. The normalized spacial score (nSPS) is 11.0. The molecule has 0 aliphatic carbocycles. The van der Waals surface area contributed by atoms with Gasteiger partial charge in [-0.1, -0.05) is 38.1 Å². The van der Waals surface area contributed by atoms with Gasteiger partial charge in [0.25, 0.3) is 0 Å². The van der Waals surface area contributed by atoms with Crippen molar-refractivity contribution >= 4 is 0 Å². The topological polar surface area (TPSA) is 30.7 Å². The van der Waals surface area contributed by atoms with E-state index in [0.29, 0.717) is 11.7 Å². The van der Waals surface area contributed by atoms with Gasteiger partial charge in [0.05, 0.1) is 5.69 Å². The predicted molar refractivity (Wildman–Crippen MR) is 79.7 cm³/mol. The molecule has 1 aromatic heterocycles. The second-order valence-electron chi connectivity index (χ2n) is 5.20. The number of rotatable bonds is 3. The van der Waals surface area contributed by atoms with Crippen LogP contribution < -0.4 is 0 Å². The van der Waals surface area contributed by atoms with Gasteiger partial charge in [0.2, 0.25) is 6.33 Å². The van der Waals surface area contributed by atoms with E-state index >= 15 is 0 Å². The van der Waals surface area contributed by atoms with Gasteiger partial charge in [0.1, 0.15) is 5.82 Å². The maximum Gasteiger partial charge on any atom is 0.221 e. The molecule has 0 unspecified atom stereocenters. The van der Waals surface area contributed by atoms with Crippen LogP contribution in [0.2, 0.25) is 0 Å². The van der Waals surface area contributed by atoms with Crippen molar-refractivity contribution in [2.45, 2.75) is 19.8 Å². The summed E-state index contributed by atoms with van der Waals surface area (Å²) in [6, 6.07) is 14.4. The van der Waals surface area contributed by atoms with Crippen molar-refractivity contribution in [3.63, 3.8) is 0 Å². The maximum absolute atomic E-state index is 13.0. The molecule has 0 saturated heterocycles. The first-order chi connectivity index (χ1) is 10.1. The Morgan fingerprint density at radius 3 is 2.29 bits per heavy atom. The summed E-state index contributed by atoms with van der Waals surface area (Å²) < 4.78 is 14.7. The fraction of sp³-hybridized carbons (Fsp3) is 0.176. The van der Waals surface area contributed by atoms with Gasteiger partial charge in [-0.05, 0) is 35.7 Å². The summed E-state index contributed by atoms with van der Waals surface area (Å²) in [6.45, 7) is 4.31. The Bertz CT molecular complexity index is 727. The van der Waals surface area contributed by atoms with Crippen LogP contribution in [0.15, 0.2) is 48.5 Å². The zero-order valence-electron chi connectivity index (χ0n) is 11.9. The Labute approximate surface area is 123 Å². The molecule has 4 heteroatoms. The molecule has 0 aliphatic rings. The molecule has 0 amide bonds. The third-order valence-corrected chi connectivity index (χ3v) is 3.41. The fourth-order valence-electron chi connectivity index (χ4n) is 2.18. The second-order valence-corrected chi connectivity index (χ2v) is 5.20. The average molecular weight is 280 g/mol. The van der Waals surface area contributed by atoms with Crippen molar-refractivity contribution < 1.29 is 4.39 Å². The number of nitrogens with zero attached hydrogens (tertiary/aromatic N) is 3. The fourth-order valence-corrected chi connectivity index (χ4v) is 2.18. The number of aromatic nitrogens is 3. The molecule has 3 aromatic rings. The van der Waals surface area contributed by atoms with Gasteiger partial charge in [0, 0.05) is 5.56 Å². The summed E-state index contributed by atoms with van der Waals surface area (Å²) in [5.74, 6) is 0.906. The van der Waals surface area contributed by atoms with E-state index in [-0.39, 0.29) is 5.82 Å². The van der Waals surface area contributed by atoms with Crippen molar-refractivity contribution in [2.24, 2.45) is 0 Å². The molecule has 2 aromatic carbocycles. The van der Waals surface area contributed by atoms with E-state index < -0.39 is 0 Å². The molecule has 21 heavy (non-hydrogen) atoms. The average Bonchev–Trinajstić information content (AvgIpc) is 2.97. The van der Waals surface area contributed by atoms with Crippen LogP contribution in [0.4, 0.5) is 4.39 Å². The Balaban J connectivity index is 2.00. The van der Waals surface area contributed by atoms with Crippen LogP contribution in [0, 0.1) is 12.1 Å². The molecule has 3 rings (SSSR count). The molecule has 1 radical (unpaired) electrons. The van der Waals surface area contributed by atoms with Gasteiger partial charge >= 0.3 is 0 Å². The zero-order valence-corrected chi connectivity index (χ0v) is 11.9. The zero-order chi connectivity index (χ0) is 14.8. The Kier molecular flexibility index (Phi) is 3.52. The van der Waals surface area contributed by atoms with Crippen LogP contribution in [0.3, 0.4) is 0 Å². The molecule has 0 spiro atoms. The van der Waals surface area contributed by atoms with Crippen LogP contribution in [-0.2, 0) is 0 Å². The van der Waals surface area contributed by atoms with Gasteiger partial charge in [-0.2, -0.15) is 0 Å². The summed E-state index contributed by atoms with van der Waals surface area (Å²) in [6.07, 6.45) is 2.62. The third kappa shape index (κ3) is 2.70. The largest absolute Gasteiger partial charge is 0.221 e. The highest BCUT2D eigenvalue weighted by Crippen LogP contribution is 2.22. The second kappa shape index (κ2) is 5.48. The minimum Gasteiger partial charge on any atom is -0.213 e. The minimum absolute atomic E-state index is 0.273. The Morgan fingerprint density at radius 2 is 1.67 bits per heavy atom. The van der Waals surface area contributed by atoms with Crippen molar-refractivity contribution in [2.75, 3.05) is 0 Å². The number of hydrogen-bond acceptors (Lipinski definition) is 2. The molecule has 0 saturated carbocycles. The Hall–Kier alpha value is -2.49. The van der Waals surface area contributed by atoms with Crippen LogP contribution in [0.1, 0.15) is 25.3 Å². The van der Waals surface area contributed by atoms with E-state index in [1.807, 2.05) is 12.1 Å². The van der Waals surface area contributed by atoms with Gasteiger partial charge in [-0.15, -0.1) is 5.10 Å². The molecular formula is C17H15FN3. The van der Waals surface area contributed by atoms with Gasteiger partial charge in [-0.25, -0.2) is 14.1 Å². The summed E-state index contributed by atoms with van der Waals surface area (Å²) in [7, 11) is 0. The molecule has 0 bridgehead atoms. The highest BCUT2D eigenvalue weighted by Gasteiger charge is 2.10. The molecule has 1 heterocycles. The van der Waals surface area contributed by atoms with E-state index in [2.05, 4.69) is 42.4 Å². The van der Waals surface area contributed by atoms with E-state index in [9.17, 15) is 4.39 Å². The van der Waals surface area contributed by atoms with Gasteiger partial charge in [-0.3, -0.25) is 0 Å². The molecular weight excluding hydrogens is 265 g/mol. The summed E-state index contributed by atoms with van der Waals surface area (Å²) in [5, 5.41) is 4.11. The number of benzene rings is 2. The van der Waals surface area contributed by atoms with Crippen molar-refractivity contribution in [1.82, 2.24) is 14.8 Å². The Morgan fingerprint density at radius 1 is 1.00 bits per heavy atom. The standard InChI is InChI=1S/C17H15FN3/c1-12(2)13-3-5-14(6-4-13)17-19-11-20-21(17)16-9-7-15(18)8-10-16/h3-10,12H,1-2H3. The van der Waals surface area contributed by atoms with E-state index in [1.165, 1.54) is 17.7 Å². The summed E-state index contributed by atoms with van der Waals surface area (Å²) in [4.78, 5) is 4.19. The highest BCUT2D eigenvalue weighted by atomic mass is 19.1. The smallest absolute Gasteiger partial charge is 0.213 e. The predicted octanol–water partition coefficient (Wildman–Crippen LogP) is 4.00. The summed E-state index contributed by atoms with van der Waals surface area (Å²) >= 11 is 0.